The predicted octanol–water partition coefficient (Wildman–Crippen LogP) is -54.4. The van der Waals surface area contributed by atoms with Crippen molar-refractivity contribution >= 4 is 135 Å². The van der Waals surface area contributed by atoms with Crippen LogP contribution in [-0.4, -0.2) is 311 Å². The zero-order valence-electron chi connectivity index (χ0n) is 57.1. The van der Waals surface area contributed by atoms with Crippen molar-refractivity contribution in [1.82, 2.24) is 0 Å². The van der Waals surface area contributed by atoms with Crippen molar-refractivity contribution in [2.75, 3.05) is 19.8 Å². The van der Waals surface area contributed by atoms with Crippen molar-refractivity contribution in [1.29, 1.82) is 0 Å². The summed E-state index contributed by atoms with van der Waals surface area (Å²) in [5.74, 6) is 0. The molecule has 0 radical (unpaired) electrons. The number of rotatable bonds is 35. The van der Waals surface area contributed by atoms with Gasteiger partial charge in [-0.3, -0.25) is 54.4 Å². The fourth-order valence-corrected chi connectivity index (χ4v) is 14.1. The van der Waals surface area contributed by atoms with Crippen LogP contribution >= 0.6 is 0 Å². The van der Waals surface area contributed by atoms with Crippen molar-refractivity contribution in [3.05, 3.63) is 0 Å². The Bertz CT molecular complexity index is 4360. The molecule has 570 valence electrons. The molecular formula is C24H29Na13O59S13. The summed E-state index contributed by atoms with van der Waals surface area (Å²) in [6, 6.07) is 0. The Hall–Kier alpha value is 11.0. The molecule has 0 amide bonds. The van der Waals surface area contributed by atoms with Crippen LogP contribution in [-0.2, 0) is 223 Å². The molecular weight excluding hydrogens is 1950 g/mol. The average molecular weight is 1980 g/mol. The van der Waals surface area contributed by atoms with Gasteiger partial charge in [0.2, 0.25) is 135 Å². The van der Waals surface area contributed by atoms with Gasteiger partial charge in [-0.05, 0) is 6.92 Å². The van der Waals surface area contributed by atoms with E-state index in [0.717, 1.165) is 0 Å². The molecule has 0 saturated carbocycles. The minimum Gasteiger partial charge on any atom is -0.726 e. The van der Waals surface area contributed by atoms with Crippen molar-refractivity contribution in [3.63, 3.8) is 0 Å². The van der Waals surface area contributed by atoms with E-state index < -0.39 is 278 Å². The molecule has 0 aromatic rings. The molecule has 0 spiro atoms. The summed E-state index contributed by atoms with van der Waals surface area (Å²) in [7, 11) is -87.3. The molecule has 0 aromatic carbocycles. The molecule has 20 unspecified atom stereocenters. The Morgan fingerprint density at radius 3 is 0.642 bits per heavy atom. The third kappa shape index (κ3) is 55.7. The first kappa shape index (κ1) is 140. The predicted molar refractivity (Wildman–Crippen MR) is 244 cm³/mol. The molecule has 59 nitrogen and oxygen atoms in total. The van der Waals surface area contributed by atoms with Gasteiger partial charge in [-0.2, -0.15) is 0 Å². The van der Waals surface area contributed by atoms with Gasteiger partial charge in [-0.25, -0.2) is 109 Å². The van der Waals surface area contributed by atoms with Crippen LogP contribution < -0.4 is 384 Å². The van der Waals surface area contributed by atoms with E-state index in [-0.39, 0.29) is 384 Å². The molecule has 4 rings (SSSR count). The normalized spacial score (nSPS) is 29.4. The van der Waals surface area contributed by atoms with Gasteiger partial charge in [0.25, 0.3) is 0 Å². The SMILES string of the molecule is CC1OC(OCC2OC(OC3C(COS(=O)(=O)[O-])OC(OC4OC(COS(=O)(=O)[O-])C(OS(=O)(=O)[O-])C(OS(=O)(=O)[O-])C4OS(=O)(=O)[O-])C(OS(=O)(=O)[O-])C3OS(=O)(=O)[O-])C(OS(=O)(=O)[O-])C(OS(=O)(=O)[O-])C2OS(=O)(=O)[O-])C(OS(=O)(=O)[O-])C(OS(=O)(=O)[O-])C1OS(=O)(=O)[O-].[Na+].[Na+].[Na+].[Na+].[Na+].[Na+].[Na+].[Na+].[Na+].[Na+].[Na+].[Na+].[Na+]. The largest absolute Gasteiger partial charge is 1.00 e. The van der Waals surface area contributed by atoms with Gasteiger partial charge in [-0.1, -0.05) is 0 Å². The summed E-state index contributed by atoms with van der Waals surface area (Å²) in [6.45, 7) is -6.76. The first-order valence-electron chi connectivity index (χ1n) is 22.3. The molecule has 4 heterocycles. The summed E-state index contributed by atoms with van der Waals surface area (Å²) in [5, 5.41) is 0. The van der Waals surface area contributed by atoms with Gasteiger partial charge < -0.3 is 92.3 Å². The zero-order valence-corrected chi connectivity index (χ0v) is 93.7. The van der Waals surface area contributed by atoms with Gasteiger partial charge in [0.05, 0.1) is 25.9 Å². The van der Waals surface area contributed by atoms with Gasteiger partial charge in [0.1, 0.15) is 67.1 Å². The van der Waals surface area contributed by atoms with Crippen LogP contribution in [0.3, 0.4) is 0 Å². The molecule has 0 N–H and O–H groups in total. The topological polar surface area (TPSA) is 928 Å². The standard InChI is InChI=1S/C24H42O59S13.13Na/c1-5-9(73-86(31,32)33)13(76-89(40,41)42)17(80-93(52,53)54)21(67-5)64-2-6-11(74-87(34,35)36)15(78-91(46,47)48)19(82-95(58,59)60)22(68-6)71-10-7(3-65-84(25,26)27)69-23(18(81-94(55,56)57)14(10)77-90(43,44)45)72-24-20(83-96(61,62)63)16(79-92(49,50)51)12(75-88(37,38)39)8(70-24)4-66-85(28,29)30;;;;;;;;;;;;;/h5-24H,2-4H2,1H3,(H,25,26,27)(H,28,29,30)(H,31,32,33)(H,34,35,36)(H,37,38,39)(H,40,41,42)(H,43,44,45)(H,46,47,48)(H,49,50,51)(H,52,53,54)(H,55,56,57)(H,58,59,60)(H,61,62,63);;;;;;;;;;;;;/q;13*+1/p-13. The first-order valence-corrected chi connectivity index (χ1v) is 39.7. The number of ether oxygens (including phenoxy) is 7. The number of hydrogen-bond donors (Lipinski definition) is 0. The van der Waals surface area contributed by atoms with Crippen molar-refractivity contribution < 1.29 is 640 Å². The summed E-state index contributed by atoms with van der Waals surface area (Å²) >= 11 is 0. The van der Waals surface area contributed by atoms with Crippen LogP contribution in [0.5, 0.6) is 0 Å². The maximum absolute atomic E-state index is 12.5. The minimum atomic E-state index is -7.08. The molecule has 20 atom stereocenters. The molecule has 4 fully saturated rings. The molecule has 0 aromatic heterocycles. The maximum Gasteiger partial charge on any atom is 1.00 e. The molecule has 4 saturated heterocycles. The number of hydrogen-bond acceptors (Lipinski definition) is 59. The second kappa shape index (κ2) is 56.0. The van der Waals surface area contributed by atoms with Gasteiger partial charge in [0.15, 0.2) is 49.6 Å². The second-order valence-electron chi connectivity index (χ2n) is 17.5. The van der Waals surface area contributed by atoms with Crippen LogP contribution in [0.1, 0.15) is 6.92 Å². The van der Waals surface area contributed by atoms with Gasteiger partial charge in [0, 0.05) is 0 Å². The quantitative estimate of drug-likeness (QED) is 0.0323. The summed E-state index contributed by atoms with van der Waals surface area (Å²) in [6.07, 6.45) is -73.1. The van der Waals surface area contributed by atoms with Crippen LogP contribution in [0.15, 0.2) is 0 Å². The van der Waals surface area contributed by atoms with Gasteiger partial charge >= 0.3 is 384 Å². The summed E-state index contributed by atoms with van der Waals surface area (Å²) in [4.78, 5) is 0. The minimum absolute atomic E-state index is 0. The summed E-state index contributed by atoms with van der Waals surface area (Å²) in [5.41, 5.74) is 0. The van der Waals surface area contributed by atoms with Crippen LogP contribution in [0, 0.1) is 0 Å². The zero-order chi connectivity index (χ0) is 74.3. The Labute approximate surface area is 907 Å². The first-order chi connectivity index (χ1) is 42.5. The monoisotopic (exact) mass is 1980 g/mol. The Morgan fingerprint density at radius 2 is 0.394 bits per heavy atom. The van der Waals surface area contributed by atoms with E-state index in [1.807, 2.05) is 0 Å². The molecule has 4 aliphatic heterocycles. The molecule has 85 heteroatoms. The van der Waals surface area contributed by atoms with E-state index in [2.05, 4.69) is 54.4 Å². The molecule has 0 bridgehead atoms. The average Bonchev–Trinajstić information content (AvgIpc) is 0.760. The van der Waals surface area contributed by atoms with E-state index in [1.165, 1.54) is 0 Å². The van der Waals surface area contributed by atoms with Gasteiger partial charge in [-0.15, -0.1) is 0 Å². The van der Waals surface area contributed by atoms with E-state index in [4.69, 9.17) is 33.2 Å². The molecule has 4 aliphatic rings. The van der Waals surface area contributed by atoms with Crippen molar-refractivity contribution in [3.8, 4) is 0 Å². The van der Waals surface area contributed by atoms with Crippen LogP contribution in [0.25, 0.3) is 0 Å². The molecule has 0 aliphatic carbocycles. The van der Waals surface area contributed by atoms with E-state index in [1.54, 1.807) is 0 Å². The fraction of sp³-hybridized carbons (Fsp3) is 1.00. The maximum atomic E-state index is 12.5. The van der Waals surface area contributed by atoms with Crippen LogP contribution in [0.4, 0.5) is 0 Å². The smallest absolute Gasteiger partial charge is 0.726 e. The van der Waals surface area contributed by atoms with Crippen LogP contribution in [0.2, 0.25) is 0 Å². The fourth-order valence-electron chi connectivity index (χ4n) is 8.13. The van der Waals surface area contributed by atoms with E-state index in [0.29, 0.717) is 6.92 Å². The summed E-state index contributed by atoms with van der Waals surface area (Å²) < 4.78 is 555. The Balaban J connectivity index is -0.000000942. The molecule has 109 heavy (non-hydrogen) atoms. The van der Waals surface area contributed by atoms with Crippen molar-refractivity contribution in [2.45, 2.75) is 130 Å². The van der Waals surface area contributed by atoms with E-state index >= 15 is 0 Å². The van der Waals surface area contributed by atoms with Crippen molar-refractivity contribution in [2.24, 2.45) is 0 Å². The third-order valence-corrected chi connectivity index (χ3v) is 16.6. The Morgan fingerprint density at radius 1 is 0.211 bits per heavy atom. The Kier molecular flexibility index (Phi) is 72.2. The van der Waals surface area contributed by atoms with E-state index in [9.17, 15) is 169 Å². The third-order valence-electron chi connectivity index (χ3n) is 10.8. The second-order valence-corrected chi connectivity index (χ2v) is 30.7.